The van der Waals surface area contributed by atoms with E-state index in [0.717, 1.165) is 5.56 Å². The monoisotopic (exact) mass is 231 g/mol. The zero-order valence-corrected chi connectivity index (χ0v) is 10.2. The second-order valence-electron chi connectivity index (χ2n) is 4.78. The normalized spacial score (nSPS) is 17.6. The number of rotatable bonds is 2. The Labute approximate surface area is 103 Å². The van der Waals surface area contributed by atoms with Crippen molar-refractivity contribution in [2.75, 3.05) is 0 Å². The van der Waals surface area contributed by atoms with Gasteiger partial charge in [0.15, 0.2) is 11.5 Å². The summed E-state index contributed by atoms with van der Waals surface area (Å²) in [7, 11) is 1.77. The van der Waals surface area contributed by atoms with E-state index in [1.165, 1.54) is 32.1 Å². The molecule has 3 nitrogen and oxygen atoms in total. The van der Waals surface area contributed by atoms with E-state index in [2.05, 4.69) is 4.99 Å². The smallest absolute Gasteiger partial charge is 0.157 e. The molecule has 0 saturated heterocycles. The fraction of sp³-hybridized carbons (Fsp3) is 0.462. The van der Waals surface area contributed by atoms with Crippen LogP contribution in [0, 0.1) is 0 Å². The van der Waals surface area contributed by atoms with E-state index >= 15 is 0 Å². The van der Waals surface area contributed by atoms with Crippen molar-refractivity contribution in [3.63, 3.8) is 0 Å². The summed E-state index contributed by atoms with van der Waals surface area (Å²) in [6, 6.07) is 3.82. The van der Waals surface area contributed by atoms with Crippen LogP contribution in [0.5, 0.6) is 11.5 Å². The fourth-order valence-electron chi connectivity index (χ4n) is 2.28. The van der Waals surface area contributed by atoms with Gasteiger partial charge in [-0.2, -0.15) is 0 Å². The Bertz CT molecular complexity index is 402. The van der Waals surface area contributed by atoms with E-state index in [-0.39, 0.29) is 11.5 Å². The van der Waals surface area contributed by atoms with Gasteiger partial charge in [0.25, 0.3) is 0 Å². The standard InChI is InChI=1S/C13H18BNO2/c14-11-6-9(7-12(16)13(11)17)8-15-10-4-2-1-3-5-10/h6-8,10,16-17H,1-5,14H2/b15-8+. The first-order chi connectivity index (χ1) is 8.16. The van der Waals surface area contributed by atoms with Gasteiger partial charge in [-0.3, -0.25) is 4.99 Å². The third kappa shape index (κ3) is 3.02. The van der Waals surface area contributed by atoms with Crippen LogP contribution >= 0.6 is 0 Å². The Balaban J connectivity index is 2.10. The van der Waals surface area contributed by atoms with E-state index in [9.17, 15) is 10.2 Å². The first-order valence-corrected chi connectivity index (χ1v) is 6.22. The topological polar surface area (TPSA) is 52.8 Å². The van der Waals surface area contributed by atoms with E-state index in [0.29, 0.717) is 11.5 Å². The van der Waals surface area contributed by atoms with Gasteiger partial charge in [-0.25, -0.2) is 0 Å². The average Bonchev–Trinajstić information content (AvgIpc) is 2.34. The van der Waals surface area contributed by atoms with Crippen molar-refractivity contribution >= 4 is 19.5 Å². The highest BCUT2D eigenvalue weighted by molar-refractivity contribution is 6.34. The summed E-state index contributed by atoms with van der Waals surface area (Å²) in [5.74, 6) is -0.116. The number of nitrogens with zero attached hydrogens (tertiary/aromatic N) is 1. The summed E-state index contributed by atoms with van der Waals surface area (Å²) >= 11 is 0. The Morgan fingerprint density at radius 2 is 1.88 bits per heavy atom. The molecular weight excluding hydrogens is 213 g/mol. The molecule has 17 heavy (non-hydrogen) atoms. The third-order valence-corrected chi connectivity index (χ3v) is 3.31. The van der Waals surface area contributed by atoms with E-state index in [4.69, 9.17) is 0 Å². The third-order valence-electron chi connectivity index (χ3n) is 3.31. The summed E-state index contributed by atoms with van der Waals surface area (Å²) in [6.07, 6.45) is 8.00. The summed E-state index contributed by atoms with van der Waals surface area (Å²) in [6.45, 7) is 0. The van der Waals surface area contributed by atoms with Gasteiger partial charge in [-0.05, 0) is 29.9 Å². The molecule has 0 spiro atoms. The number of benzene rings is 1. The lowest BCUT2D eigenvalue weighted by molar-refractivity contribution is 0.406. The molecule has 0 heterocycles. The fourth-order valence-corrected chi connectivity index (χ4v) is 2.28. The SMILES string of the molecule is Bc1cc(/C=N/C2CCCCC2)cc(O)c1O. The molecule has 0 atom stereocenters. The van der Waals surface area contributed by atoms with Crippen LogP contribution in [0.4, 0.5) is 0 Å². The van der Waals surface area contributed by atoms with Gasteiger partial charge in [0.05, 0.1) is 0 Å². The molecule has 4 heteroatoms. The lowest BCUT2D eigenvalue weighted by Crippen LogP contribution is -2.10. The maximum absolute atomic E-state index is 9.51. The first kappa shape index (κ1) is 12.0. The number of phenolic OH excluding ortho intramolecular Hbond substituents is 2. The predicted molar refractivity (Wildman–Crippen MR) is 72.4 cm³/mol. The molecule has 0 amide bonds. The van der Waals surface area contributed by atoms with Crippen molar-refractivity contribution in [3.8, 4) is 11.5 Å². The molecule has 2 rings (SSSR count). The highest BCUT2D eigenvalue weighted by Gasteiger charge is 2.11. The quantitative estimate of drug-likeness (QED) is 0.455. The average molecular weight is 231 g/mol. The van der Waals surface area contributed by atoms with Crippen LogP contribution in [0.1, 0.15) is 37.7 Å². The molecular formula is C13H18BNO2. The van der Waals surface area contributed by atoms with Crippen molar-refractivity contribution in [2.24, 2.45) is 4.99 Å². The molecule has 0 aromatic heterocycles. The molecule has 0 unspecified atom stereocenters. The Morgan fingerprint density at radius 1 is 1.18 bits per heavy atom. The molecule has 1 saturated carbocycles. The number of phenols is 2. The van der Waals surface area contributed by atoms with Crippen LogP contribution < -0.4 is 5.46 Å². The maximum atomic E-state index is 9.51. The molecule has 1 aromatic rings. The minimum Gasteiger partial charge on any atom is -0.505 e. The van der Waals surface area contributed by atoms with Gasteiger partial charge in [-0.15, -0.1) is 0 Å². The van der Waals surface area contributed by atoms with Gasteiger partial charge >= 0.3 is 0 Å². The Hall–Kier alpha value is -1.45. The number of hydrogen-bond donors (Lipinski definition) is 2. The van der Waals surface area contributed by atoms with Crippen LogP contribution in [0.2, 0.25) is 0 Å². The number of aromatic hydroxyl groups is 2. The van der Waals surface area contributed by atoms with Gasteiger partial charge in [0.2, 0.25) is 0 Å². The van der Waals surface area contributed by atoms with Gasteiger partial charge < -0.3 is 10.2 Å². The van der Waals surface area contributed by atoms with Crippen molar-refractivity contribution in [1.29, 1.82) is 0 Å². The number of hydrogen-bond acceptors (Lipinski definition) is 3. The lowest BCUT2D eigenvalue weighted by atomic mass is 9.92. The molecule has 90 valence electrons. The maximum Gasteiger partial charge on any atom is 0.157 e. The molecule has 1 fully saturated rings. The van der Waals surface area contributed by atoms with Gasteiger partial charge in [0.1, 0.15) is 7.85 Å². The predicted octanol–water partition coefficient (Wildman–Crippen LogP) is 1.11. The minimum atomic E-state index is -0.0740. The molecule has 2 N–H and O–H groups in total. The Kier molecular flexibility index (Phi) is 3.72. The summed E-state index contributed by atoms with van der Waals surface area (Å²) < 4.78 is 0. The number of aliphatic imine (C=N–C) groups is 1. The van der Waals surface area contributed by atoms with Crippen LogP contribution in [-0.4, -0.2) is 30.3 Å². The molecule has 0 radical (unpaired) electrons. The molecule has 1 aromatic carbocycles. The Morgan fingerprint density at radius 3 is 2.53 bits per heavy atom. The highest BCUT2D eigenvalue weighted by atomic mass is 16.3. The van der Waals surface area contributed by atoms with Crippen LogP contribution in [-0.2, 0) is 0 Å². The second kappa shape index (κ2) is 5.26. The zero-order valence-electron chi connectivity index (χ0n) is 10.2. The summed E-state index contributed by atoms with van der Waals surface area (Å²) in [4.78, 5) is 4.55. The van der Waals surface area contributed by atoms with Crippen molar-refractivity contribution in [3.05, 3.63) is 17.7 Å². The molecule has 0 aliphatic heterocycles. The zero-order chi connectivity index (χ0) is 12.3. The highest BCUT2D eigenvalue weighted by Crippen LogP contribution is 2.23. The van der Waals surface area contributed by atoms with Crippen LogP contribution in [0.3, 0.4) is 0 Å². The second-order valence-corrected chi connectivity index (χ2v) is 4.78. The van der Waals surface area contributed by atoms with Gasteiger partial charge in [-0.1, -0.05) is 25.3 Å². The van der Waals surface area contributed by atoms with Gasteiger partial charge in [0, 0.05) is 12.3 Å². The minimum absolute atomic E-state index is 0.0418. The van der Waals surface area contributed by atoms with E-state index in [1.807, 2.05) is 12.3 Å². The van der Waals surface area contributed by atoms with Crippen molar-refractivity contribution in [1.82, 2.24) is 0 Å². The summed E-state index contributed by atoms with van der Waals surface area (Å²) in [5, 5.41) is 19.0. The summed E-state index contributed by atoms with van der Waals surface area (Å²) in [5.41, 5.74) is 1.53. The molecule has 1 aliphatic carbocycles. The molecule has 1 aliphatic rings. The van der Waals surface area contributed by atoms with Crippen LogP contribution in [0.25, 0.3) is 0 Å². The first-order valence-electron chi connectivity index (χ1n) is 6.22. The van der Waals surface area contributed by atoms with Crippen LogP contribution in [0.15, 0.2) is 17.1 Å². The van der Waals surface area contributed by atoms with Crippen molar-refractivity contribution in [2.45, 2.75) is 38.1 Å². The van der Waals surface area contributed by atoms with E-state index < -0.39 is 0 Å². The van der Waals surface area contributed by atoms with Crippen molar-refractivity contribution < 1.29 is 10.2 Å². The molecule has 0 bridgehead atoms. The van der Waals surface area contributed by atoms with E-state index in [1.54, 1.807) is 13.9 Å². The largest absolute Gasteiger partial charge is 0.505 e. The lowest BCUT2D eigenvalue weighted by Gasteiger charge is -2.17.